The van der Waals surface area contributed by atoms with Crippen LogP contribution in [0, 0.1) is 0 Å². The molecule has 1 nitrogen and oxygen atoms in total. The van der Waals surface area contributed by atoms with Gasteiger partial charge in [0.15, 0.2) is 0 Å². The molecule has 0 saturated carbocycles. The van der Waals surface area contributed by atoms with Gasteiger partial charge in [-0.15, -0.1) is 11.8 Å². The van der Waals surface area contributed by atoms with Crippen LogP contribution in [0.15, 0.2) is 27.6 Å². The lowest BCUT2D eigenvalue weighted by Gasteiger charge is -2.09. The van der Waals surface area contributed by atoms with E-state index in [0.29, 0.717) is 0 Å². The molecule has 0 saturated heterocycles. The standard InChI is InChI=1S/C12H18BrNS/c1-3-4-7-15-12-6-5-11(13)8-10(12)9-14-2/h5-6,8,14H,3-4,7,9H2,1-2H3. The first-order valence-electron chi connectivity index (χ1n) is 5.33. The summed E-state index contributed by atoms with van der Waals surface area (Å²) in [5.74, 6) is 1.22. The van der Waals surface area contributed by atoms with Crippen molar-refractivity contribution in [3.63, 3.8) is 0 Å². The smallest absolute Gasteiger partial charge is 0.0214 e. The summed E-state index contributed by atoms with van der Waals surface area (Å²) in [5.41, 5.74) is 1.38. The molecule has 0 fully saturated rings. The van der Waals surface area contributed by atoms with Gasteiger partial charge in [-0.2, -0.15) is 0 Å². The second-order valence-electron chi connectivity index (χ2n) is 3.48. The zero-order valence-electron chi connectivity index (χ0n) is 9.35. The van der Waals surface area contributed by atoms with Crippen molar-refractivity contribution in [1.82, 2.24) is 5.32 Å². The van der Waals surface area contributed by atoms with Gasteiger partial charge in [0, 0.05) is 15.9 Å². The molecular formula is C12H18BrNS. The predicted octanol–water partition coefficient (Wildman–Crippen LogP) is 4.06. The van der Waals surface area contributed by atoms with E-state index in [1.54, 1.807) is 0 Å². The van der Waals surface area contributed by atoms with Gasteiger partial charge in [-0.25, -0.2) is 0 Å². The van der Waals surface area contributed by atoms with E-state index in [-0.39, 0.29) is 0 Å². The summed E-state index contributed by atoms with van der Waals surface area (Å²) in [6.07, 6.45) is 2.56. The number of hydrogen-bond donors (Lipinski definition) is 1. The van der Waals surface area contributed by atoms with E-state index in [9.17, 15) is 0 Å². The first-order chi connectivity index (χ1) is 7.27. The van der Waals surface area contributed by atoms with Crippen molar-refractivity contribution < 1.29 is 0 Å². The molecule has 0 aliphatic heterocycles. The molecule has 84 valence electrons. The topological polar surface area (TPSA) is 12.0 Å². The largest absolute Gasteiger partial charge is 0.316 e. The number of unbranched alkanes of at least 4 members (excludes halogenated alkanes) is 1. The Morgan fingerprint density at radius 3 is 2.87 bits per heavy atom. The Morgan fingerprint density at radius 1 is 1.40 bits per heavy atom. The zero-order valence-corrected chi connectivity index (χ0v) is 11.7. The highest BCUT2D eigenvalue weighted by atomic mass is 79.9. The molecule has 0 unspecified atom stereocenters. The molecule has 0 spiro atoms. The molecule has 0 aromatic heterocycles. The molecule has 1 aromatic carbocycles. The third-order valence-electron chi connectivity index (χ3n) is 2.15. The molecule has 1 aromatic rings. The van der Waals surface area contributed by atoms with Gasteiger partial charge in [-0.1, -0.05) is 29.3 Å². The first kappa shape index (κ1) is 13.1. The van der Waals surface area contributed by atoms with Gasteiger partial charge >= 0.3 is 0 Å². The van der Waals surface area contributed by atoms with Crippen LogP contribution in [0.1, 0.15) is 25.3 Å². The average Bonchev–Trinajstić information content (AvgIpc) is 2.22. The Hall–Kier alpha value is 0.01000. The highest BCUT2D eigenvalue weighted by Crippen LogP contribution is 2.26. The summed E-state index contributed by atoms with van der Waals surface area (Å²) < 4.78 is 1.16. The number of rotatable bonds is 6. The maximum absolute atomic E-state index is 3.51. The van der Waals surface area contributed by atoms with Crippen molar-refractivity contribution in [2.45, 2.75) is 31.2 Å². The normalized spacial score (nSPS) is 10.6. The van der Waals surface area contributed by atoms with Gasteiger partial charge < -0.3 is 5.32 Å². The van der Waals surface area contributed by atoms with Crippen molar-refractivity contribution in [3.05, 3.63) is 28.2 Å². The molecule has 0 amide bonds. The van der Waals surface area contributed by atoms with Crippen molar-refractivity contribution in [1.29, 1.82) is 0 Å². The predicted molar refractivity (Wildman–Crippen MR) is 72.5 cm³/mol. The summed E-state index contributed by atoms with van der Waals surface area (Å²) in [4.78, 5) is 1.40. The summed E-state index contributed by atoms with van der Waals surface area (Å²) >= 11 is 5.47. The number of nitrogens with one attached hydrogen (secondary N) is 1. The molecule has 0 aliphatic carbocycles. The van der Waals surface area contributed by atoms with Crippen LogP contribution in [0.3, 0.4) is 0 Å². The van der Waals surface area contributed by atoms with Crippen molar-refractivity contribution in [3.8, 4) is 0 Å². The van der Waals surface area contributed by atoms with Crippen LogP contribution < -0.4 is 5.32 Å². The number of benzene rings is 1. The van der Waals surface area contributed by atoms with E-state index in [1.165, 1.54) is 29.1 Å². The van der Waals surface area contributed by atoms with E-state index in [4.69, 9.17) is 0 Å². The summed E-state index contributed by atoms with van der Waals surface area (Å²) in [6, 6.07) is 6.52. The Labute approximate surface area is 105 Å². The van der Waals surface area contributed by atoms with Crippen LogP contribution in [0.2, 0.25) is 0 Å². The molecule has 1 rings (SSSR count). The monoisotopic (exact) mass is 287 g/mol. The van der Waals surface area contributed by atoms with Crippen LogP contribution in [-0.4, -0.2) is 12.8 Å². The van der Waals surface area contributed by atoms with E-state index in [2.05, 4.69) is 46.4 Å². The fraction of sp³-hybridized carbons (Fsp3) is 0.500. The minimum Gasteiger partial charge on any atom is -0.316 e. The van der Waals surface area contributed by atoms with E-state index in [1.807, 2.05) is 18.8 Å². The molecule has 1 N–H and O–H groups in total. The Kier molecular flexibility index (Phi) is 6.37. The Bertz CT molecular complexity index is 302. The molecule has 15 heavy (non-hydrogen) atoms. The van der Waals surface area contributed by atoms with Gasteiger partial charge in [0.1, 0.15) is 0 Å². The van der Waals surface area contributed by atoms with Crippen LogP contribution in [-0.2, 0) is 6.54 Å². The molecule has 0 atom stereocenters. The van der Waals surface area contributed by atoms with Crippen molar-refractivity contribution in [2.75, 3.05) is 12.8 Å². The van der Waals surface area contributed by atoms with E-state index >= 15 is 0 Å². The molecule has 0 radical (unpaired) electrons. The van der Waals surface area contributed by atoms with Crippen molar-refractivity contribution >= 4 is 27.7 Å². The number of hydrogen-bond acceptors (Lipinski definition) is 2. The quantitative estimate of drug-likeness (QED) is 0.626. The number of thioether (sulfide) groups is 1. The lowest BCUT2D eigenvalue weighted by atomic mass is 10.2. The lowest BCUT2D eigenvalue weighted by Crippen LogP contribution is -2.06. The Morgan fingerprint density at radius 2 is 2.20 bits per heavy atom. The second kappa shape index (κ2) is 7.31. The van der Waals surface area contributed by atoms with Crippen LogP contribution in [0.4, 0.5) is 0 Å². The fourth-order valence-electron chi connectivity index (χ4n) is 1.34. The minimum atomic E-state index is 0.938. The van der Waals surface area contributed by atoms with Crippen LogP contribution >= 0.6 is 27.7 Å². The van der Waals surface area contributed by atoms with E-state index in [0.717, 1.165) is 11.0 Å². The highest BCUT2D eigenvalue weighted by Gasteiger charge is 2.02. The average molecular weight is 288 g/mol. The fourth-order valence-corrected chi connectivity index (χ4v) is 2.89. The first-order valence-corrected chi connectivity index (χ1v) is 7.11. The molecule has 0 bridgehead atoms. The molecular weight excluding hydrogens is 270 g/mol. The van der Waals surface area contributed by atoms with Gasteiger partial charge in [0.25, 0.3) is 0 Å². The van der Waals surface area contributed by atoms with Crippen LogP contribution in [0.25, 0.3) is 0 Å². The van der Waals surface area contributed by atoms with E-state index < -0.39 is 0 Å². The lowest BCUT2D eigenvalue weighted by molar-refractivity contribution is 0.802. The summed E-state index contributed by atoms with van der Waals surface area (Å²) in [6.45, 7) is 3.17. The zero-order chi connectivity index (χ0) is 11.1. The third kappa shape index (κ3) is 4.58. The van der Waals surface area contributed by atoms with Gasteiger partial charge in [-0.05, 0) is 43.0 Å². The highest BCUT2D eigenvalue weighted by molar-refractivity contribution is 9.10. The maximum atomic E-state index is 3.51. The van der Waals surface area contributed by atoms with Gasteiger partial charge in [-0.3, -0.25) is 0 Å². The van der Waals surface area contributed by atoms with Crippen molar-refractivity contribution in [2.24, 2.45) is 0 Å². The second-order valence-corrected chi connectivity index (χ2v) is 5.54. The maximum Gasteiger partial charge on any atom is 0.0214 e. The molecule has 3 heteroatoms. The number of halogens is 1. The third-order valence-corrected chi connectivity index (χ3v) is 3.84. The van der Waals surface area contributed by atoms with Gasteiger partial charge in [0.05, 0.1) is 0 Å². The molecule has 0 heterocycles. The summed E-state index contributed by atoms with van der Waals surface area (Å²) in [5, 5.41) is 3.21. The van der Waals surface area contributed by atoms with Gasteiger partial charge in [0.2, 0.25) is 0 Å². The molecule has 0 aliphatic rings. The SMILES string of the molecule is CCCCSc1ccc(Br)cc1CNC. The minimum absolute atomic E-state index is 0.938. The Balaban J connectivity index is 2.67. The van der Waals surface area contributed by atoms with Crippen LogP contribution in [0.5, 0.6) is 0 Å². The summed E-state index contributed by atoms with van der Waals surface area (Å²) in [7, 11) is 1.99.